The maximum absolute atomic E-state index is 12.7. The third kappa shape index (κ3) is 4.35. The van der Waals surface area contributed by atoms with E-state index in [0.717, 1.165) is 65.3 Å². The van der Waals surface area contributed by atoms with E-state index in [2.05, 4.69) is 20.4 Å². The summed E-state index contributed by atoms with van der Waals surface area (Å²) < 4.78 is 1.92. The Labute approximate surface area is 203 Å². The summed E-state index contributed by atoms with van der Waals surface area (Å²) in [6.45, 7) is 6.05. The van der Waals surface area contributed by atoms with Crippen molar-refractivity contribution in [2.75, 3.05) is 18.0 Å². The van der Waals surface area contributed by atoms with Crippen molar-refractivity contribution >= 4 is 34.2 Å². The number of aryl methyl sites for hydroxylation is 2. The van der Waals surface area contributed by atoms with Crippen LogP contribution in [-0.2, 0) is 11.3 Å². The predicted octanol–water partition coefficient (Wildman–Crippen LogP) is 4.62. The van der Waals surface area contributed by atoms with Gasteiger partial charge in [-0.05, 0) is 56.5 Å². The van der Waals surface area contributed by atoms with Crippen molar-refractivity contribution in [3.63, 3.8) is 0 Å². The van der Waals surface area contributed by atoms with Gasteiger partial charge in [0.25, 0.3) is 0 Å². The normalized spacial score (nSPS) is 14.5. The summed E-state index contributed by atoms with van der Waals surface area (Å²) in [5.74, 6) is 0.897. The number of halogens is 1. The van der Waals surface area contributed by atoms with Gasteiger partial charge in [-0.1, -0.05) is 41.9 Å². The molecule has 1 aliphatic rings. The summed E-state index contributed by atoms with van der Waals surface area (Å²) in [6, 6.07) is 17.6. The molecule has 8 heteroatoms. The first-order chi connectivity index (χ1) is 16.5. The van der Waals surface area contributed by atoms with Gasteiger partial charge in [0.15, 0.2) is 5.82 Å². The lowest BCUT2D eigenvalue weighted by Gasteiger charge is -2.32. The predicted molar refractivity (Wildman–Crippen MR) is 134 cm³/mol. The molecule has 1 N–H and O–H groups in total. The van der Waals surface area contributed by atoms with Gasteiger partial charge in [0.1, 0.15) is 5.52 Å². The molecule has 0 aliphatic carbocycles. The molecule has 174 valence electrons. The van der Waals surface area contributed by atoms with Crippen LogP contribution in [0.25, 0.3) is 16.6 Å². The fourth-order valence-corrected chi connectivity index (χ4v) is 4.77. The van der Waals surface area contributed by atoms with E-state index >= 15 is 0 Å². The maximum atomic E-state index is 12.7. The van der Waals surface area contributed by atoms with Crippen LogP contribution in [0.1, 0.15) is 29.8 Å². The monoisotopic (exact) mass is 474 g/mol. The Morgan fingerprint density at radius 2 is 1.74 bits per heavy atom. The van der Waals surface area contributed by atoms with Crippen LogP contribution in [0.3, 0.4) is 0 Å². The van der Waals surface area contributed by atoms with Gasteiger partial charge in [-0.2, -0.15) is 10.2 Å². The van der Waals surface area contributed by atoms with Gasteiger partial charge in [0.2, 0.25) is 5.91 Å². The van der Waals surface area contributed by atoms with E-state index in [-0.39, 0.29) is 11.8 Å². The van der Waals surface area contributed by atoms with Gasteiger partial charge in [-0.15, -0.1) is 5.10 Å². The van der Waals surface area contributed by atoms with Crippen LogP contribution in [0.2, 0.25) is 5.02 Å². The lowest BCUT2D eigenvalue weighted by Crippen LogP contribution is -2.40. The molecule has 34 heavy (non-hydrogen) atoms. The minimum Gasteiger partial charge on any atom is -0.353 e. The van der Waals surface area contributed by atoms with E-state index in [0.29, 0.717) is 11.6 Å². The second-order valence-corrected chi connectivity index (χ2v) is 9.21. The molecule has 1 saturated heterocycles. The Kier molecular flexibility index (Phi) is 6.20. The van der Waals surface area contributed by atoms with Crippen molar-refractivity contribution in [1.29, 1.82) is 0 Å². The molecule has 0 spiro atoms. The number of hydrogen-bond donors (Lipinski definition) is 1. The number of amides is 1. The molecule has 3 heterocycles. The average Bonchev–Trinajstić information content (AvgIpc) is 3.22. The summed E-state index contributed by atoms with van der Waals surface area (Å²) in [4.78, 5) is 14.9. The van der Waals surface area contributed by atoms with E-state index in [1.807, 2.05) is 73.1 Å². The van der Waals surface area contributed by atoms with Crippen molar-refractivity contribution in [3.05, 3.63) is 76.6 Å². The highest BCUT2D eigenvalue weighted by atomic mass is 35.5. The van der Waals surface area contributed by atoms with Crippen molar-refractivity contribution in [2.45, 2.75) is 33.2 Å². The quantitative estimate of drug-likeness (QED) is 0.456. The van der Waals surface area contributed by atoms with E-state index in [1.165, 1.54) is 0 Å². The average molecular weight is 475 g/mol. The highest BCUT2D eigenvalue weighted by molar-refractivity contribution is 6.30. The summed E-state index contributed by atoms with van der Waals surface area (Å²) in [7, 11) is 0. The Morgan fingerprint density at radius 1 is 1.03 bits per heavy atom. The number of benzene rings is 2. The summed E-state index contributed by atoms with van der Waals surface area (Å²) in [5, 5.41) is 18.7. The number of hydrogen-bond acceptors (Lipinski definition) is 5. The van der Waals surface area contributed by atoms with Crippen molar-refractivity contribution in [3.8, 4) is 5.69 Å². The van der Waals surface area contributed by atoms with Crippen LogP contribution >= 0.6 is 11.6 Å². The van der Waals surface area contributed by atoms with Crippen molar-refractivity contribution in [2.24, 2.45) is 5.92 Å². The lowest BCUT2D eigenvalue weighted by molar-refractivity contribution is -0.125. The smallest absolute Gasteiger partial charge is 0.223 e. The fourth-order valence-electron chi connectivity index (χ4n) is 4.64. The van der Waals surface area contributed by atoms with E-state index < -0.39 is 0 Å². The van der Waals surface area contributed by atoms with Gasteiger partial charge in [0.05, 0.1) is 22.5 Å². The zero-order valence-electron chi connectivity index (χ0n) is 19.3. The minimum absolute atomic E-state index is 0.00206. The SMILES string of the molecule is Cc1nnc(N2CCC(C(=O)NCc3ccccc3)CC2)c2nn(-c3ccc(Cl)cc3)c(C)c12. The Morgan fingerprint density at radius 3 is 2.44 bits per heavy atom. The first-order valence-electron chi connectivity index (χ1n) is 11.6. The molecular weight excluding hydrogens is 448 g/mol. The number of carbonyl (C=O) groups is 1. The highest BCUT2D eigenvalue weighted by Gasteiger charge is 2.28. The Balaban J connectivity index is 1.33. The number of rotatable bonds is 5. The standard InChI is InChI=1S/C26H27ClN6O/c1-17-23-18(2)33(22-10-8-21(27)9-11-22)31-24(23)25(30-29-17)32-14-12-20(13-15-32)26(34)28-16-19-6-4-3-5-7-19/h3-11,20H,12-16H2,1-2H3,(H,28,34). The largest absolute Gasteiger partial charge is 0.353 e. The molecule has 0 radical (unpaired) electrons. The molecule has 1 fully saturated rings. The molecule has 0 saturated carbocycles. The maximum Gasteiger partial charge on any atom is 0.223 e. The molecular formula is C26H27ClN6O. The number of carbonyl (C=O) groups excluding carboxylic acids is 1. The number of nitrogens with one attached hydrogen (secondary N) is 1. The molecule has 5 rings (SSSR count). The van der Waals surface area contributed by atoms with Gasteiger partial charge in [0, 0.05) is 30.6 Å². The van der Waals surface area contributed by atoms with E-state index in [9.17, 15) is 4.79 Å². The number of anilines is 1. The highest BCUT2D eigenvalue weighted by Crippen LogP contribution is 2.31. The van der Waals surface area contributed by atoms with E-state index in [1.54, 1.807) is 0 Å². The molecule has 0 unspecified atom stereocenters. The number of aromatic nitrogens is 4. The molecule has 4 aromatic rings. The zero-order chi connectivity index (χ0) is 23.7. The summed E-state index contributed by atoms with van der Waals surface area (Å²) in [6.07, 6.45) is 1.54. The van der Waals surface area contributed by atoms with Crippen molar-refractivity contribution in [1.82, 2.24) is 25.3 Å². The van der Waals surface area contributed by atoms with Crippen LogP contribution < -0.4 is 10.2 Å². The number of piperidine rings is 1. The third-order valence-corrected chi connectivity index (χ3v) is 6.78. The molecule has 1 amide bonds. The Hall–Kier alpha value is -3.45. The van der Waals surface area contributed by atoms with Gasteiger partial charge in [-0.25, -0.2) is 4.68 Å². The van der Waals surface area contributed by atoms with Gasteiger partial charge >= 0.3 is 0 Å². The van der Waals surface area contributed by atoms with Crippen LogP contribution in [0.5, 0.6) is 0 Å². The molecule has 0 bridgehead atoms. The Bertz CT molecular complexity index is 1310. The molecule has 2 aromatic carbocycles. The minimum atomic E-state index is 0.00206. The van der Waals surface area contributed by atoms with Crippen LogP contribution in [0.15, 0.2) is 54.6 Å². The van der Waals surface area contributed by atoms with Crippen LogP contribution in [0.4, 0.5) is 5.82 Å². The third-order valence-electron chi connectivity index (χ3n) is 6.53. The second-order valence-electron chi connectivity index (χ2n) is 8.77. The van der Waals surface area contributed by atoms with E-state index in [4.69, 9.17) is 16.7 Å². The fraction of sp³-hybridized carbons (Fsp3) is 0.308. The first-order valence-corrected chi connectivity index (χ1v) is 11.9. The molecule has 0 atom stereocenters. The van der Waals surface area contributed by atoms with Crippen LogP contribution in [-0.4, -0.2) is 39.0 Å². The van der Waals surface area contributed by atoms with Crippen LogP contribution in [0, 0.1) is 19.8 Å². The molecule has 1 aliphatic heterocycles. The first kappa shape index (κ1) is 22.3. The number of fused-ring (bicyclic) bond motifs is 1. The summed E-state index contributed by atoms with van der Waals surface area (Å²) in [5.41, 5.74) is 4.76. The van der Waals surface area contributed by atoms with Gasteiger partial charge < -0.3 is 10.2 Å². The number of nitrogens with zero attached hydrogens (tertiary/aromatic N) is 5. The topological polar surface area (TPSA) is 75.9 Å². The lowest BCUT2D eigenvalue weighted by atomic mass is 9.95. The van der Waals surface area contributed by atoms with Crippen molar-refractivity contribution < 1.29 is 4.79 Å². The second kappa shape index (κ2) is 9.43. The molecule has 2 aromatic heterocycles. The summed E-state index contributed by atoms with van der Waals surface area (Å²) >= 11 is 6.07. The molecule has 7 nitrogen and oxygen atoms in total. The van der Waals surface area contributed by atoms with Gasteiger partial charge in [-0.3, -0.25) is 4.79 Å². The zero-order valence-corrected chi connectivity index (χ0v) is 20.1.